The monoisotopic (exact) mass is 476 g/mol. The molecule has 0 amide bonds. The van der Waals surface area contributed by atoms with Gasteiger partial charge in [-0.2, -0.15) is 13.2 Å². The van der Waals surface area contributed by atoms with Crippen LogP contribution in [0.2, 0.25) is 0 Å². The van der Waals surface area contributed by atoms with Crippen molar-refractivity contribution in [2.75, 3.05) is 13.2 Å². The number of hydrogen-bond donors (Lipinski definition) is 0. The van der Waals surface area contributed by atoms with Crippen LogP contribution in [0, 0.1) is 0 Å². The predicted molar refractivity (Wildman–Crippen MR) is 130 cm³/mol. The molecule has 0 spiro atoms. The first-order chi connectivity index (χ1) is 16.3. The fraction of sp³-hybridized carbons (Fsp3) is 0.464. The van der Waals surface area contributed by atoms with Gasteiger partial charge >= 0.3 is 12.1 Å². The van der Waals surface area contributed by atoms with Crippen LogP contribution in [0.4, 0.5) is 13.2 Å². The van der Waals surface area contributed by atoms with Crippen molar-refractivity contribution < 1.29 is 27.4 Å². The molecule has 0 aliphatic rings. The Balaban J connectivity index is 2.06. The smallest absolute Gasteiger partial charge is 0.416 e. The van der Waals surface area contributed by atoms with Crippen molar-refractivity contribution >= 4 is 17.6 Å². The number of carbonyl (C=O) groups is 1. The highest BCUT2D eigenvalue weighted by Gasteiger charge is 2.31. The van der Waals surface area contributed by atoms with Gasteiger partial charge in [-0.1, -0.05) is 76.1 Å². The first kappa shape index (κ1) is 27.5. The number of benzene rings is 2. The zero-order valence-electron chi connectivity index (χ0n) is 20.1. The van der Waals surface area contributed by atoms with E-state index in [0.717, 1.165) is 25.0 Å². The topological polar surface area (TPSA) is 35.5 Å². The standard InChI is InChI=1S/C28H35F3O3/c1-3-5-6-7-8-9-10-11-18-34-25-17-12-14-22(19-25)20-26(27(32)33-4-2)23-15-13-16-24(21-23)28(29,30)31/h12-17,19-21H,3-11,18H2,1-2H3. The number of esters is 1. The highest BCUT2D eigenvalue weighted by molar-refractivity contribution is 6.21. The summed E-state index contributed by atoms with van der Waals surface area (Å²) in [6.45, 7) is 4.59. The molecule has 0 aliphatic heterocycles. The van der Waals surface area contributed by atoms with Crippen LogP contribution in [0.25, 0.3) is 11.6 Å². The number of carbonyl (C=O) groups excluding carboxylic acids is 1. The van der Waals surface area contributed by atoms with Crippen LogP contribution in [0.3, 0.4) is 0 Å². The molecule has 0 aromatic heterocycles. The molecule has 0 aliphatic carbocycles. The molecule has 0 bridgehead atoms. The third kappa shape index (κ3) is 9.62. The summed E-state index contributed by atoms with van der Waals surface area (Å²) in [4.78, 5) is 12.5. The maximum atomic E-state index is 13.2. The molecule has 0 heterocycles. The summed E-state index contributed by atoms with van der Waals surface area (Å²) < 4.78 is 50.5. The Morgan fingerprint density at radius 3 is 2.24 bits per heavy atom. The Labute approximate surface area is 201 Å². The minimum Gasteiger partial charge on any atom is -0.494 e. The van der Waals surface area contributed by atoms with Gasteiger partial charge in [0.25, 0.3) is 0 Å². The van der Waals surface area contributed by atoms with Crippen molar-refractivity contribution in [3.05, 3.63) is 65.2 Å². The summed E-state index contributed by atoms with van der Waals surface area (Å²) in [5.74, 6) is -0.0176. The van der Waals surface area contributed by atoms with E-state index in [0.29, 0.717) is 17.9 Å². The number of ether oxygens (including phenoxy) is 2. The Bertz CT molecular complexity index is 919. The van der Waals surface area contributed by atoms with Crippen molar-refractivity contribution in [2.24, 2.45) is 0 Å². The summed E-state index contributed by atoms with van der Waals surface area (Å²) in [6, 6.07) is 11.9. The number of unbranched alkanes of at least 4 members (excludes halogenated alkanes) is 7. The van der Waals surface area contributed by atoms with Crippen LogP contribution in [-0.4, -0.2) is 19.2 Å². The Kier molecular flexibility index (Phi) is 11.7. The molecule has 6 heteroatoms. The van der Waals surface area contributed by atoms with Crippen LogP contribution in [-0.2, 0) is 15.7 Å². The van der Waals surface area contributed by atoms with Gasteiger partial charge in [-0.05, 0) is 54.8 Å². The van der Waals surface area contributed by atoms with E-state index in [9.17, 15) is 18.0 Å². The average Bonchev–Trinajstić information content (AvgIpc) is 2.81. The van der Waals surface area contributed by atoms with Gasteiger partial charge in [-0.15, -0.1) is 0 Å². The van der Waals surface area contributed by atoms with Crippen molar-refractivity contribution in [3.8, 4) is 5.75 Å². The molecule has 0 radical (unpaired) electrons. The molecule has 3 nitrogen and oxygen atoms in total. The number of hydrogen-bond acceptors (Lipinski definition) is 3. The van der Waals surface area contributed by atoms with Crippen molar-refractivity contribution in [3.63, 3.8) is 0 Å². The van der Waals surface area contributed by atoms with Gasteiger partial charge in [0.1, 0.15) is 5.75 Å². The van der Waals surface area contributed by atoms with Gasteiger partial charge in [-0.3, -0.25) is 0 Å². The molecule has 0 unspecified atom stereocenters. The first-order valence-electron chi connectivity index (χ1n) is 12.1. The number of rotatable bonds is 14. The third-order valence-corrected chi connectivity index (χ3v) is 5.43. The predicted octanol–water partition coefficient (Wildman–Crippen LogP) is 8.33. The van der Waals surface area contributed by atoms with Gasteiger partial charge < -0.3 is 9.47 Å². The van der Waals surface area contributed by atoms with Crippen LogP contribution < -0.4 is 4.74 Å². The molecule has 0 N–H and O–H groups in total. The van der Waals surface area contributed by atoms with E-state index in [-0.39, 0.29) is 17.7 Å². The summed E-state index contributed by atoms with van der Waals surface area (Å²) in [5.41, 5.74) is 0.0447. The SMILES string of the molecule is CCCCCCCCCCOc1cccc(C=C(C(=O)OCC)c2cccc(C(F)(F)F)c2)c1. The quantitative estimate of drug-likeness (QED) is 0.119. The van der Waals surface area contributed by atoms with E-state index >= 15 is 0 Å². The Morgan fingerprint density at radius 1 is 0.882 bits per heavy atom. The van der Waals surface area contributed by atoms with E-state index in [1.165, 1.54) is 56.7 Å². The molecular formula is C28H35F3O3. The molecule has 0 saturated carbocycles. The highest BCUT2D eigenvalue weighted by atomic mass is 19.4. The van der Waals surface area contributed by atoms with Gasteiger partial charge in [0.2, 0.25) is 0 Å². The van der Waals surface area contributed by atoms with E-state index in [2.05, 4.69) is 6.92 Å². The molecule has 186 valence electrons. The second-order valence-electron chi connectivity index (χ2n) is 8.25. The lowest BCUT2D eigenvalue weighted by atomic mass is 10.0. The Morgan fingerprint density at radius 2 is 1.56 bits per heavy atom. The van der Waals surface area contributed by atoms with Gasteiger partial charge in [-0.25, -0.2) is 4.79 Å². The van der Waals surface area contributed by atoms with Crippen LogP contribution in [0.15, 0.2) is 48.5 Å². The third-order valence-electron chi connectivity index (χ3n) is 5.43. The lowest BCUT2D eigenvalue weighted by Crippen LogP contribution is -2.09. The fourth-order valence-corrected chi connectivity index (χ4v) is 3.62. The number of halogens is 3. The zero-order chi connectivity index (χ0) is 24.8. The van der Waals surface area contributed by atoms with Crippen molar-refractivity contribution in [1.82, 2.24) is 0 Å². The number of alkyl halides is 3. The Hall–Kier alpha value is -2.76. The molecule has 2 rings (SSSR count). The van der Waals surface area contributed by atoms with Crippen molar-refractivity contribution in [1.29, 1.82) is 0 Å². The zero-order valence-corrected chi connectivity index (χ0v) is 20.1. The second-order valence-corrected chi connectivity index (χ2v) is 8.25. The summed E-state index contributed by atoms with van der Waals surface area (Å²) in [7, 11) is 0. The molecule has 2 aromatic rings. The summed E-state index contributed by atoms with van der Waals surface area (Å²) in [6.07, 6.45) is 6.74. The van der Waals surface area contributed by atoms with E-state index in [1.807, 2.05) is 6.07 Å². The van der Waals surface area contributed by atoms with E-state index < -0.39 is 17.7 Å². The average molecular weight is 477 g/mol. The molecule has 0 saturated heterocycles. The molecule has 2 aromatic carbocycles. The molecule has 0 atom stereocenters. The molecule has 34 heavy (non-hydrogen) atoms. The summed E-state index contributed by atoms with van der Waals surface area (Å²) in [5, 5.41) is 0. The van der Waals surface area contributed by atoms with Gasteiger partial charge in [0.15, 0.2) is 0 Å². The van der Waals surface area contributed by atoms with Crippen LogP contribution in [0.1, 0.15) is 81.9 Å². The minimum atomic E-state index is -4.50. The maximum Gasteiger partial charge on any atom is 0.416 e. The van der Waals surface area contributed by atoms with Gasteiger partial charge in [0, 0.05) is 0 Å². The fourth-order valence-electron chi connectivity index (χ4n) is 3.62. The highest BCUT2D eigenvalue weighted by Crippen LogP contribution is 2.32. The lowest BCUT2D eigenvalue weighted by Gasteiger charge is -2.12. The van der Waals surface area contributed by atoms with Gasteiger partial charge in [0.05, 0.1) is 24.4 Å². The van der Waals surface area contributed by atoms with Crippen LogP contribution >= 0.6 is 0 Å². The normalized spacial score (nSPS) is 12.0. The first-order valence-corrected chi connectivity index (χ1v) is 12.1. The van der Waals surface area contributed by atoms with Crippen LogP contribution in [0.5, 0.6) is 5.75 Å². The van der Waals surface area contributed by atoms with Crippen molar-refractivity contribution in [2.45, 2.75) is 71.4 Å². The van der Waals surface area contributed by atoms with E-state index in [4.69, 9.17) is 9.47 Å². The maximum absolute atomic E-state index is 13.2. The largest absolute Gasteiger partial charge is 0.494 e. The second kappa shape index (κ2) is 14.5. The molecular weight excluding hydrogens is 441 g/mol. The molecule has 0 fully saturated rings. The van der Waals surface area contributed by atoms with E-state index in [1.54, 1.807) is 25.1 Å². The summed E-state index contributed by atoms with van der Waals surface area (Å²) >= 11 is 0. The lowest BCUT2D eigenvalue weighted by molar-refractivity contribution is -0.138. The minimum absolute atomic E-state index is 0.0631.